The zero-order chi connectivity index (χ0) is 13.5. The molecule has 1 rings (SSSR count). The standard InChI is InChI=1S/C14H17ClN2O/c1-11(2)17(9-3-8-15)14(18)13-6-4-12(10-16)5-7-13/h4-7,11H,3,8-9H2,1-2H3. The van der Waals surface area contributed by atoms with Crippen molar-refractivity contribution in [3.63, 3.8) is 0 Å². The maximum Gasteiger partial charge on any atom is 0.254 e. The van der Waals surface area contributed by atoms with Crippen LogP contribution in [0.1, 0.15) is 36.2 Å². The van der Waals surface area contributed by atoms with Gasteiger partial charge in [0.2, 0.25) is 0 Å². The van der Waals surface area contributed by atoms with E-state index >= 15 is 0 Å². The number of rotatable bonds is 5. The zero-order valence-corrected chi connectivity index (χ0v) is 11.4. The largest absolute Gasteiger partial charge is 0.336 e. The van der Waals surface area contributed by atoms with E-state index in [-0.39, 0.29) is 11.9 Å². The van der Waals surface area contributed by atoms with Gasteiger partial charge in [0, 0.05) is 24.0 Å². The van der Waals surface area contributed by atoms with Crippen LogP contribution in [0.3, 0.4) is 0 Å². The van der Waals surface area contributed by atoms with E-state index in [1.165, 1.54) is 0 Å². The Morgan fingerprint density at radius 3 is 2.44 bits per heavy atom. The van der Waals surface area contributed by atoms with E-state index in [9.17, 15) is 4.79 Å². The van der Waals surface area contributed by atoms with Crippen molar-refractivity contribution >= 4 is 17.5 Å². The van der Waals surface area contributed by atoms with Gasteiger partial charge in [-0.3, -0.25) is 4.79 Å². The molecular formula is C14H17ClN2O. The minimum Gasteiger partial charge on any atom is -0.336 e. The van der Waals surface area contributed by atoms with Gasteiger partial charge in [-0.1, -0.05) is 0 Å². The lowest BCUT2D eigenvalue weighted by molar-refractivity contribution is 0.0706. The minimum absolute atomic E-state index is 0.0143. The van der Waals surface area contributed by atoms with Crippen LogP contribution >= 0.6 is 11.6 Å². The summed E-state index contributed by atoms with van der Waals surface area (Å²) in [6.45, 7) is 4.62. The summed E-state index contributed by atoms with van der Waals surface area (Å²) in [7, 11) is 0. The van der Waals surface area contributed by atoms with Crippen molar-refractivity contribution in [1.29, 1.82) is 5.26 Å². The van der Waals surface area contributed by atoms with Gasteiger partial charge in [0.25, 0.3) is 5.91 Å². The van der Waals surface area contributed by atoms with E-state index in [1.807, 2.05) is 19.9 Å². The second-order valence-corrected chi connectivity index (χ2v) is 4.70. The minimum atomic E-state index is -0.0143. The van der Waals surface area contributed by atoms with Crippen LogP contribution in [-0.4, -0.2) is 29.3 Å². The first-order valence-corrected chi connectivity index (χ1v) is 6.50. The van der Waals surface area contributed by atoms with Gasteiger partial charge in [0.1, 0.15) is 0 Å². The fraction of sp³-hybridized carbons (Fsp3) is 0.429. The molecular weight excluding hydrogens is 248 g/mol. The molecule has 1 amide bonds. The Kier molecular flexibility index (Phi) is 5.67. The van der Waals surface area contributed by atoms with E-state index in [0.717, 1.165) is 6.42 Å². The summed E-state index contributed by atoms with van der Waals surface area (Å²) in [6.07, 6.45) is 0.780. The molecule has 0 bridgehead atoms. The Balaban J connectivity index is 2.84. The van der Waals surface area contributed by atoms with Crippen LogP contribution in [0, 0.1) is 11.3 Å². The molecule has 0 aromatic heterocycles. The topological polar surface area (TPSA) is 44.1 Å². The number of carbonyl (C=O) groups is 1. The first-order valence-electron chi connectivity index (χ1n) is 5.97. The Morgan fingerprint density at radius 1 is 1.39 bits per heavy atom. The molecule has 3 nitrogen and oxygen atoms in total. The molecule has 18 heavy (non-hydrogen) atoms. The zero-order valence-electron chi connectivity index (χ0n) is 10.7. The molecule has 4 heteroatoms. The molecule has 1 aromatic rings. The third-order valence-corrected chi connectivity index (χ3v) is 2.95. The number of halogens is 1. The van der Waals surface area contributed by atoms with Crippen molar-refractivity contribution in [3.8, 4) is 6.07 Å². The Hall–Kier alpha value is -1.53. The van der Waals surface area contributed by atoms with Crippen molar-refractivity contribution in [2.75, 3.05) is 12.4 Å². The second kappa shape index (κ2) is 7.03. The Morgan fingerprint density at radius 2 is 2.00 bits per heavy atom. The molecule has 0 spiro atoms. The number of nitrogens with zero attached hydrogens (tertiary/aromatic N) is 2. The molecule has 0 aliphatic carbocycles. The summed E-state index contributed by atoms with van der Waals surface area (Å²) in [6, 6.07) is 8.88. The van der Waals surface area contributed by atoms with Crippen molar-refractivity contribution in [1.82, 2.24) is 4.90 Å². The molecule has 0 saturated heterocycles. The first-order chi connectivity index (χ1) is 8.60. The summed E-state index contributed by atoms with van der Waals surface area (Å²) in [5.74, 6) is 0.531. The second-order valence-electron chi connectivity index (χ2n) is 4.32. The van der Waals surface area contributed by atoms with E-state index in [1.54, 1.807) is 29.2 Å². The first kappa shape index (κ1) is 14.5. The normalized spacial score (nSPS) is 10.2. The van der Waals surface area contributed by atoms with Crippen molar-refractivity contribution in [3.05, 3.63) is 35.4 Å². The Labute approximate surface area is 113 Å². The fourth-order valence-electron chi connectivity index (χ4n) is 1.68. The van der Waals surface area contributed by atoms with E-state index in [4.69, 9.17) is 16.9 Å². The van der Waals surface area contributed by atoms with Crippen LogP contribution < -0.4 is 0 Å². The average Bonchev–Trinajstić information content (AvgIpc) is 2.38. The number of nitriles is 1. The van der Waals surface area contributed by atoms with Gasteiger partial charge in [0.15, 0.2) is 0 Å². The molecule has 0 heterocycles. The van der Waals surface area contributed by atoms with Crippen LogP contribution in [0.2, 0.25) is 0 Å². The van der Waals surface area contributed by atoms with Crippen LogP contribution in [0.5, 0.6) is 0 Å². The number of amides is 1. The van der Waals surface area contributed by atoms with Crippen LogP contribution in [0.15, 0.2) is 24.3 Å². The molecule has 96 valence electrons. The molecule has 0 radical (unpaired) electrons. The number of benzene rings is 1. The SMILES string of the molecule is CC(C)N(CCCCl)C(=O)c1ccc(C#N)cc1. The van der Waals surface area contributed by atoms with E-state index in [0.29, 0.717) is 23.6 Å². The average molecular weight is 265 g/mol. The van der Waals surface area contributed by atoms with Crippen LogP contribution in [0.25, 0.3) is 0 Å². The summed E-state index contributed by atoms with van der Waals surface area (Å²) in [4.78, 5) is 14.1. The molecule has 0 fully saturated rings. The summed E-state index contributed by atoms with van der Waals surface area (Å²) in [5, 5.41) is 8.72. The van der Waals surface area contributed by atoms with Gasteiger partial charge in [-0.25, -0.2) is 0 Å². The Bertz CT molecular complexity index is 434. The molecule has 1 aromatic carbocycles. The molecule has 0 saturated carbocycles. The third kappa shape index (κ3) is 3.75. The highest BCUT2D eigenvalue weighted by Gasteiger charge is 2.17. The van der Waals surface area contributed by atoms with E-state index in [2.05, 4.69) is 0 Å². The van der Waals surface area contributed by atoms with Gasteiger partial charge in [-0.05, 0) is 44.5 Å². The quantitative estimate of drug-likeness (QED) is 0.768. The van der Waals surface area contributed by atoms with E-state index < -0.39 is 0 Å². The highest BCUT2D eigenvalue weighted by atomic mass is 35.5. The van der Waals surface area contributed by atoms with Crippen LogP contribution in [-0.2, 0) is 0 Å². The lowest BCUT2D eigenvalue weighted by Crippen LogP contribution is -2.37. The third-order valence-electron chi connectivity index (χ3n) is 2.68. The lowest BCUT2D eigenvalue weighted by Gasteiger charge is -2.26. The summed E-state index contributed by atoms with van der Waals surface area (Å²) in [5.41, 5.74) is 1.17. The van der Waals surface area contributed by atoms with Gasteiger partial charge >= 0.3 is 0 Å². The number of alkyl halides is 1. The number of hydrogen-bond acceptors (Lipinski definition) is 2. The molecule has 0 N–H and O–H groups in total. The fourth-order valence-corrected chi connectivity index (χ4v) is 1.80. The predicted molar refractivity (Wildman–Crippen MR) is 72.7 cm³/mol. The maximum absolute atomic E-state index is 12.3. The van der Waals surface area contributed by atoms with Crippen molar-refractivity contribution < 1.29 is 4.79 Å². The molecule has 0 aliphatic rings. The predicted octanol–water partition coefficient (Wildman–Crippen LogP) is 3.04. The highest BCUT2D eigenvalue weighted by molar-refractivity contribution is 6.17. The lowest BCUT2D eigenvalue weighted by atomic mass is 10.1. The van der Waals surface area contributed by atoms with Gasteiger partial charge < -0.3 is 4.90 Å². The number of hydrogen-bond donors (Lipinski definition) is 0. The number of carbonyl (C=O) groups excluding carboxylic acids is 1. The maximum atomic E-state index is 12.3. The van der Waals surface area contributed by atoms with Crippen molar-refractivity contribution in [2.45, 2.75) is 26.3 Å². The van der Waals surface area contributed by atoms with Crippen LogP contribution in [0.4, 0.5) is 0 Å². The highest BCUT2D eigenvalue weighted by Crippen LogP contribution is 2.11. The van der Waals surface area contributed by atoms with Gasteiger partial charge in [-0.15, -0.1) is 11.6 Å². The molecule has 0 aliphatic heterocycles. The molecule has 0 unspecified atom stereocenters. The monoisotopic (exact) mass is 264 g/mol. The van der Waals surface area contributed by atoms with Gasteiger partial charge in [0.05, 0.1) is 11.6 Å². The molecule has 0 atom stereocenters. The summed E-state index contributed by atoms with van der Waals surface area (Å²) < 4.78 is 0. The summed E-state index contributed by atoms with van der Waals surface area (Å²) >= 11 is 5.67. The van der Waals surface area contributed by atoms with Crippen molar-refractivity contribution in [2.24, 2.45) is 0 Å². The van der Waals surface area contributed by atoms with Gasteiger partial charge in [-0.2, -0.15) is 5.26 Å². The smallest absolute Gasteiger partial charge is 0.254 e.